The number of hydrogen-bond acceptors (Lipinski definition) is 2. The molecule has 0 atom stereocenters. The summed E-state index contributed by atoms with van der Waals surface area (Å²) in [5.41, 5.74) is 2.33. The molecule has 0 unspecified atom stereocenters. The maximum atomic E-state index is 12.4. The highest BCUT2D eigenvalue weighted by Gasteiger charge is 2.16. The number of nitrogens with one attached hydrogen (secondary N) is 1. The van der Waals surface area contributed by atoms with Gasteiger partial charge in [-0.25, -0.2) is 0 Å². The number of carbonyl (C=O) groups is 1. The van der Waals surface area contributed by atoms with Crippen LogP contribution in [-0.4, -0.2) is 5.91 Å². The zero-order valence-electron chi connectivity index (χ0n) is 13.0. The highest BCUT2D eigenvalue weighted by molar-refractivity contribution is 9.10. The van der Waals surface area contributed by atoms with Gasteiger partial charge in [-0.1, -0.05) is 57.9 Å². The molecule has 3 rings (SSSR count). The van der Waals surface area contributed by atoms with Crippen LogP contribution in [0.5, 0.6) is 0 Å². The van der Waals surface area contributed by atoms with Gasteiger partial charge in [0.15, 0.2) is 0 Å². The molecule has 3 aromatic rings. The van der Waals surface area contributed by atoms with Crippen LogP contribution < -0.4 is 5.32 Å². The molecule has 1 N–H and O–H groups in total. The first-order chi connectivity index (χ1) is 11.5. The SMILES string of the molecule is Cc1oc(-c2ccc(Br)cc2)cc1C(=O)NCc1ccccc1Cl. The first-order valence-corrected chi connectivity index (χ1v) is 8.59. The maximum absolute atomic E-state index is 12.4. The van der Waals surface area contributed by atoms with Crippen LogP contribution in [0.15, 0.2) is 63.5 Å². The first-order valence-electron chi connectivity index (χ1n) is 7.42. The normalized spacial score (nSPS) is 10.6. The first kappa shape index (κ1) is 16.8. The predicted molar refractivity (Wildman–Crippen MR) is 99.2 cm³/mol. The molecule has 1 heterocycles. The Kier molecular flexibility index (Phi) is 5.07. The Labute approximate surface area is 153 Å². The highest BCUT2D eigenvalue weighted by Crippen LogP contribution is 2.26. The van der Waals surface area contributed by atoms with Crippen molar-refractivity contribution < 1.29 is 9.21 Å². The summed E-state index contributed by atoms with van der Waals surface area (Å²) < 4.78 is 6.73. The molecule has 0 aliphatic rings. The van der Waals surface area contributed by atoms with Crippen molar-refractivity contribution in [1.82, 2.24) is 5.32 Å². The van der Waals surface area contributed by atoms with Crippen LogP contribution in [0.4, 0.5) is 0 Å². The molecule has 0 fully saturated rings. The van der Waals surface area contributed by atoms with Crippen LogP contribution in [0.25, 0.3) is 11.3 Å². The third-order valence-electron chi connectivity index (χ3n) is 3.69. The van der Waals surface area contributed by atoms with Gasteiger partial charge in [-0.05, 0) is 36.8 Å². The molecule has 1 amide bonds. The molecule has 0 aliphatic heterocycles. The molecule has 5 heteroatoms. The molecule has 0 saturated carbocycles. The van der Waals surface area contributed by atoms with Crippen molar-refractivity contribution in [2.75, 3.05) is 0 Å². The monoisotopic (exact) mass is 403 g/mol. The Morgan fingerprint density at radius 3 is 2.58 bits per heavy atom. The van der Waals surface area contributed by atoms with Crippen molar-refractivity contribution in [2.45, 2.75) is 13.5 Å². The average Bonchev–Trinajstić information content (AvgIpc) is 2.96. The molecule has 24 heavy (non-hydrogen) atoms. The molecule has 0 bridgehead atoms. The van der Waals surface area contributed by atoms with E-state index in [0.29, 0.717) is 28.7 Å². The van der Waals surface area contributed by atoms with Gasteiger partial charge < -0.3 is 9.73 Å². The quantitative estimate of drug-likeness (QED) is 0.615. The van der Waals surface area contributed by atoms with Crippen LogP contribution in [0, 0.1) is 6.92 Å². The van der Waals surface area contributed by atoms with Crippen LogP contribution in [-0.2, 0) is 6.54 Å². The van der Waals surface area contributed by atoms with Gasteiger partial charge in [0.25, 0.3) is 5.91 Å². The van der Waals surface area contributed by atoms with Crippen molar-refractivity contribution in [3.8, 4) is 11.3 Å². The van der Waals surface area contributed by atoms with Gasteiger partial charge in [0.1, 0.15) is 11.5 Å². The molecule has 3 nitrogen and oxygen atoms in total. The van der Waals surface area contributed by atoms with E-state index in [1.165, 1.54) is 0 Å². The highest BCUT2D eigenvalue weighted by atomic mass is 79.9. The maximum Gasteiger partial charge on any atom is 0.255 e. The largest absolute Gasteiger partial charge is 0.461 e. The lowest BCUT2D eigenvalue weighted by Crippen LogP contribution is -2.23. The van der Waals surface area contributed by atoms with Crippen molar-refractivity contribution in [3.05, 3.63) is 81.0 Å². The lowest BCUT2D eigenvalue weighted by Gasteiger charge is -2.06. The summed E-state index contributed by atoms with van der Waals surface area (Å²) in [5, 5.41) is 3.52. The summed E-state index contributed by atoms with van der Waals surface area (Å²) in [6.07, 6.45) is 0. The van der Waals surface area contributed by atoms with Crippen molar-refractivity contribution >= 4 is 33.4 Å². The fourth-order valence-electron chi connectivity index (χ4n) is 2.38. The summed E-state index contributed by atoms with van der Waals surface area (Å²) in [7, 11) is 0. The Balaban J connectivity index is 1.76. The van der Waals surface area contributed by atoms with Gasteiger partial charge in [0.05, 0.1) is 5.56 Å². The van der Waals surface area contributed by atoms with E-state index >= 15 is 0 Å². The molecular formula is C19H15BrClNO2. The van der Waals surface area contributed by atoms with E-state index in [-0.39, 0.29) is 5.91 Å². The minimum atomic E-state index is -0.181. The second kappa shape index (κ2) is 7.24. The summed E-state index contributed by atoms with van der Waals surface area (Å²) in [6, 6.07) is 17.0. The number of carbonyl (C=O) groups excluding carboxylic acids is 1. The fourth-order valence-corrected chi connectivity index (χ4v) is 2.84. The molecule has 1 aromatic heterocycles. The van der Waals surface area contributed by atoms with Gasteiger partial charge >= 0.3 is 0 Å². The number of amides is 1. The predicted octanol–water partition coefficient (Wildman–Crippen LogP) is 5.60. The second-order valence-electron chi connectivity index (χ2n) is 5.36. The molecule has 0 radical (unpaired) electrons. The smallest absolute Gasteiger partial charge is 0.255 e. The lowest BCUT2D eigenvalue weighted by molar-refractivity contribution is 0.0949. The summed E-state index contributed by atoms with van der Waals surface area (Å²) in [6.45, 7) is 2.16. The van der Waals surface area contributed by atoms with E-state index < -0.39 is 0 Å². The van der Waals surface area contributed by atoms with Gasteiger partial charge in [-0.15, -0.1) is 0 Å². The molecule has 0 saturated heterocycles. The van der Waals surface area contributed by atoms with Gasteiger partial charge in [-0.2, -0.15) is 0 Å². The van der Waals surface area contributed by atoms with Crippen LogP contribution in [0.2, 0.25) is 5.02 Å². The fraction of sp³-hybridized carbons (Fsp3) is 0.105. The zero-order chi connectivity index (χ0) is 17.1. The molecule has 0 spiro atoms. The Bertz CT molecular complexity index is 871. The Morgan fingerprint density at radius 1 is 1.17 bits per heavy atom. The number of hydrogen-bond donors (Lipinski definition) is 1. The van der Waals surface area contributed by atoms with Crippen LogP contribution >= 0.6 is 27.5 Å². The number of benzene rings is 2. The summed E-state index contributed by atoms with van der Waals surface area (Å²) in [5.74, 6) is 1.08. The third-order valence-corrected chi connectivity index (χ3v) is 4.59. The summed E-state index contributed by atoms with van der Waals surface area (Å²) in [4.78, 5) is 12.4. The standard InChI is InChI=1S/C19H15BrClNO2/c1-12-16(10-18(24-12)13-6-8-15(20)9-7-13)19(23)22-11-14-4-2-3-5-17(14)21/h2-10H,11H2,1H3,(H,22,23). The molecule has 122 valence electrons. The Morgan fingerprint density at radius 2 is 1.88 bits per heavy atom. The van der Waals surface area contributed by atoms with E-state index in [1.807, 2.05) is 42.5 Å². The van der Waals surface area contributed by atoms with Crippen molar-refractivity contribution in [3.63, 3.8) is 0 Å². The van der Waals surface area contributed by atoms with Crippen molar-refractivity contribution in [1.29, 1.82) is 0 Å². The van der Waals surface area contributed by atoms with Gasteiger partial charge in [0.2, 0.25) is 0 Å². The molecular weight excluding hydrogens is 390 g/mol. The van der Waals surface area contributed by atoms with Gasteiger partial charge in [-0.3, -0.25) is 4.79 Å². The average molecular weight is 405 g/mol. The van der Waals surface area contributed by atoms with E-state index in [0.717, 1.165) is 15.6 Å². The van der Waals surface area contributed by atoms with E-state index in [2.05, 4.69) is 21.2 Å². The minimum Gasteiger partial charge on any atom is -0.461 e. The number of halogens is 2. The zero-order valence-corrected chi connectivity index (χ0v) is 15.3. The number of rotatable bonds is 4. The number of aryl methyl sites for hydroxylation is 1. The lowest BCUT2D eigenvalue weighted by atomic mass is 10.1. The molecule has 0 aliphatic carbocycles. The topological polar surface area (TPSA) is 42.2 Å². The van der Waals surface area contributed by atoms with Crippen LogP contribution in [0.3, 0.4) is 0 Å². The van der Waals surface area contributed by atoms with Gasteiger partial charge in [0, 0.05) is 21.6 Å². The number of furan rings is 1. The van der Waals surface area contributed by atoms with E-state index in [1.54, 1.807) is 19.1 Å². The third kappa shape index (κ3) is 3.71. The van der Waals surface area contributed by atoms with Crippen molar-refractivity contribution in [2.24, 2.45) is 0 Å². The summed E-state index contributed by atoms with van der Waals surface area (Å²) >= 11 is 9.51. The second-order valence-corrected chi connectivity index (χ2v) is 6.68. The Hall–Kier alpha value is -2.04. The van der Waals surface area contributed by atoms with E-state index in [9.17, 15) is 4.79 Å². The minimum absolute atomic E-state index is 0.181. The molecule has 2 aromatic carbocycles. The van der Waals surface area contributed by atoms with E-state index in [4.69, 9.17) is 16.0 Å². The van der Waals surface area contributed by atoms with Crippen LogP contribution in [0.1, 0.15) is 21.7 Å².